The minimum absolute atomic E-state index is 0.105. The van der Waals surface area contributed by atoms with E-state index in [1.165, 1.54) is 7.11 Å². The molecule has 1 aromatic rings. The largest absolute Gasteiger partial charge is 0.375 e. The Morgan fingerprint density at radius 2 is 2.11 bits per heavy atom. The van der Waals surface area contributed by atoms with E-state index in [4.69, 9.17) is 10.00 Å². The number of amides is 1. The topological polar surface area (TPSA) is 62.1 Å². The molecule has 0 radical (unpaired) electrons. The average molecular weight is 264 g/mol. The molecule has 4 nitrogen and oxygen atoms in total. The maximum atomic E-state index is 14.0. The second kappa shape index (κ2) is 5.81. The van der Waals surface area contributed by atoms with Gasteiger partial charge in [0.2, 0.25) is 5.91 Å². The molecule has 0 atom stereocenters. The van der Waals surface area contributed by atoms with E-state index in [2.05, 4.69) is 5.32 Å². The molecule has 0 aliphatic heterocycles. The highest BCUT2D eigenvalue weighted by Crippen LogP contribution is 2.32. The summed E-state index contributed by atoms with van der Waals surface area (Å²) in [6.07, 6.45) is 0. The highest BCUT2D eigenvalue weighted by atomic mass is 19.1. The number of anilines is 1. The summed E-state index contributed by atoms with van der Waals surface area (Å²) in [4.78, 5) is 11.5. The fourth-order valence-electron chi connectivity index (χ4n) is 1.70. The third kappa shape index (κ3) is 3.76. The lowest BCUT2D eigenvalue weighted by Gasteiger charge is -2.23. The Hall–Kier alpha value is -1.93. The molecule has 0 spiro atoms. The van der Waals surface area contributed by atoms with Gasteiger partial charge in [0.1, 0.15) is 12.4 Å². The fourth-order valence-corrected chi connectivity index (χ4v) is 1.70. The van der Waals surface area contributed by atoms with Gasteiger partial charge in [-0.05, 0) is 23.1 Å². The van der Waals surface area contributed by atoms with E-state index in [9.17, 15) is 9.18 Å². The summed E-state index contributed by atoms with van der Waals surface area (Å²) < 4.78 is 18.7. The van der Waals surface area contributed by atoms with Gasteiger partial charge in [-0.2, -0.15) is 5.26 Å². The van der Waals surface area contributed by atoms with Gasteiger partial charge in [0, 0.05) is 7.11 Å². The van der Waals surface area contributed by atoms with Gasteiger partial charge in [-0.1, -0.05) is 20.8 Å². The molecule has 0 bridgehead atoms. The number of carbonyl (C=O) groups excluding carboxylic acids is 1. The quantitative estimate of drug-likeness (QED) is 0.912. The van der Waals surface area contributed by atoms with Crippen molar-refractivity contribution in [1.82, 2.24) is 0 Å². The predicted octanol–water partition coefficient (Wildman–Crippen LogP) is 2.58. The minimum Gasteiger partial charge on any atom is -0.375 e. The molecular formula is C14H17FN2O2. The second-order valence-corrected chi connectivity index (χ2v) is 5.22. The molecule has 19 heavy (non-hydrogen) atoms. The van der Waals surface area contributed by atoms with E-state index < -0.39 is 17.1 Å². The number of nitrogens with one attached hydrogen (secondary N) is 1. The van der Waals surface area contributed by atoms with Gasteiger partial charge in [0.15, 0.2) is 0 Å². The number of nitriles is 1. The first-order valence-electron chi connectivity index (χ1n) is 5.82. The lowest BCUT2D eigenvalue weighted by atomic mass is 9.84. The maximum Gasteiger partial charge on any atom is 0.250 e. The first-order valence-corrected chi connectivity index (χ1v) is 5.82. The van der Waals surface area contributed by atoms with E-state index in [1.54, 1.807) is 6.07 Å². The van der Waals surface area contributed by atoms with Crippen molar-refractivity contribution in [2.45, 2.75) is 26.2 Å². The van der Waals surface area contributed by atoms with Crippen molar-refractivity contribution in [3.05, 3.63) is 29.1 Å². The van der Waals surface area contributed by atoms with Gasteiger partial charge < -0.3 is 10.1 Å². The van der Waals surface area contributed by atoms with E-state index in [-0.39, 0.29) is 17.9 Å². The molecule has 0 aliphatic carbocycles. The summed E-state index contributed by atoms with van der Waals surface area (Å²) in [5, 5.41) is 11.4. The zero-order valence-corrected chi connectivity index (χ0v) is 11.5. The number of benzene rings is 1. The lowest BCUT2D eigenvalue weighted by molar-refractivity contribution is -0.119. The van der Waals surface area contributed by atoms with Crippen molar-refractivity contribution >= 4 is 11.6 Å². The summed E-state index contributed by atoms with van der Waals surface area (Å²) in [5.74, 6) is -1.05. The number of carbonyl (C=O) groups is 1. The Kier molecular flexibility index (Phi) is 4.62. The molecule has 0 fully saturated rings. The smallest absolute Gasteiger partial charge is 0.250 e. The molecule has 0 aliphatic rings. The van der Waals surface area contributed by atoms with Crippen LogP contribution in [0.15, 0.2) is 12.1 Å². The zero-order valence-electron chi connectivity index (χ0n) is 11.5. The molecular weight excluding hydrogens is 247 g/mol. The molecule has 102 valence electrons. The SMILES string of the molecule is COCC(=O)Nc1c(F)cc(C#N)cc1C(C)(C)C. The normalized spacial score (nSPS) is 10.9. The van der Waals surface area contributed by atoms with Crippen molar-refractivity contribution in [2.24, 2.45) is 0 Å². The van der Waals surface area contributed by atoms with Crippen molar-refractivity contribution in [3.63, 3.8) is 0 Å². The van der Waals surface area contributed by atoms with E-state index >= 15 is 0 Å². The van der Waals surface area contributed by atoms with E-state index in [1.807, 2.05) is 26.8 Å². The first-order chi connectivity index (χ1) is 8.79. The molecule has 1 N–H and O–H groups in total. The van der Waals surface area contributed by atoms with Gasteiger partial charge >= 0.3 is 0 Å². The third-order valence-electron chi connectivity index (χ3n) is 2.57. The Labute approximate surface area is 112 Å². The van der Waals surface area contributed by atoms with Crippen molar-refractivity contribution < 1.29 is 13.9 Å². The molecule has 5 heteroatoms. The molecule has 0 saturated carbocycles. The van der Waals surface area contributed by atoms with Gasteiger partial charge in [-0.15, -0.1) is 0 Å². The molecule has 1 amide bonds. The van der Waals surface area contributed by atoms with Crippen molar-refractivity contribution in [3.8, 4) is 6.07 Å². The van der Waals surface area contributed by atoms with E-state index in [0.29, 0.717) is 5.56 Å². The number of rotatable bonds is 3. The van der Waals surface area contributed by atoms with Crippen LogP contribution in [0.25, 0.3) is 0 Å². The monoisotopic (exact) mass is 264 g/mol. The lowest BCUT2D eigenvalue weighted by Crippen LogP contribution is -2.22. The van der Waals surface area contributed by atoms with Gasteiger partial charge in [-0.3, -0.25) is 4.79 Å². The molecule has 1 aromatic carbocycles. The number of hydrogen-bond acceptors (Lipinski definition) is 3. The number of methoxy groups -OCH3 is 1. The number of nitrogens with zero attached hydrogens (tertiary/aromatic N) is 1. The van der Waals surface area contributed by atoms with E-state index in [0.717, 1.165) is 6.07 Å². The summed E-state index contributed by atoms with van der Waals surface area (Å²) in [6.45, 7) is 5.50. The summed E-state index contributed by atoms with van der Waals surface area (Å²) in [6, 6.07) is 4.61. The molecule has 0 saturated heterocycles. The van der Waals surface area contributed by atoms with Crippen LogP contribution in [-0.2, 0) is 14.9 Å². The predicted molar refractivity (Wildman–Crippen MR) is 70.3 cm³/mol. The highest BCUT2D eigenvalue weighted by molar-refractivity contribution is 5.93. The van der Waals surface area contributed by atoms with Crippen molar-refractivity contribution in [2.75, 3.05) is 19.0 Å². The first kappa shape index (κ1) is 15.1. The Bertz CT molecular complexity index is 527. The average Bonchev–Trinajstić information content (AvgIpc) is 2.30. The number of hydrogen-bond donors (Lipinski definition) is 1. The van der Waals surface area contributed by atoms with Crippen LogP contribution < -0.4 is 5.32 Å². The Morgan fingerprint density at radius 3 is 2.58 bits per heavy atom. The second-order valence-electron chi connectivity index (χ2n) is 5.22. The number of ether oxygens (including phenoxy) is 1. The number of halogens is 1. The summed E-state index contributed by atoms with van der Waals surface area (Å²) >= 11 is 0. The highest BCUT2D eigenvalue weighted by Gasteiger charge is 2.23. The molecule has 0 aromatic heterocycles. The fraction of sp³-hybridized carbons (Fsp3) is 0.429. The van der Waals surface area contributed by atoms with Crippen LogP contribution in [0.3, 0.4) is 0 Å². The van der Waals surface area contributed by atoms with Crippen LogP contribution in [0.5, 0.6) is 0 Å². The zero-order chi connectivity index (χ0) is 14.6. The van der Waals surface area contributed by atoms with Crippen LogP contribution in [0.2, 0.25) is 0 Å². The molecule has 1 rings (SSSR count). The minimum atomic E-state index is -0.617. The van der Waals surface area contributed by atoms with Crippen LogP contribution >= 0.6 is 0 Å². The molecule has 0 heterocycles. The summed E-state index contributed by atoms with van der Waals surface area (Å²) in [5.41, 5.74) is 0.512. The van der Waals surface area contributed by atoms with Crippen molar-refractivity contribution in [1.29, 1.82) is 5.26 Å². The third-order valence-corrected chi connectivity index (χ3v) is 2.57. The van der Waals surface area contributed by atoms with Crippen LogP contribution in [-0.4, -0.2) is 19.6 Å². The standard InChI is InChI=1S/C14H17FN2O2/c1-14(2,3)10-5-9(7-16)6-11(15)13(10)17-12(18)8-19-4/h5-6H,8H2,1-4H3,(H,17,18). The van der Waals surface area contributed by atoms with Crippen LogP contribution in [0.1, 0.15) is 31.9 Å². The van der Waals surface area contributed by atoms with Crippen LogP contribution in [0, 0.1) is 17.1 Å². The summed E-state index contributed by atoms with van der Waals surface area (Å²) in [7, 11) is 1.39. The maximum absolute atomic E-state index is 14.0. The molecule has 0 unspecified atom stereocenters. The Balaban J connectivity index is 3.29. The van der Waals surface area contributed by atoms with Gasteiger partial charge in [0.05, 0.1) is 17.3 Å². The van der Waals surface area contributed by atoms with Gasteiger partial charge in [-0.25, -0.2) is 4.39 Å². The van der Waals surface area contributed by atoms with Gasteiger partial charge in [0.25, 0.3) is 0 Å². The van der Waals surface area contributed by atoms with Crippen LogP contribution in [0.4, 0.5) is 10.1 Å². The Morgan fingerprint density at radius 1 is 1.47 bits per heavy atom.